The molecule has 8 nitrogen and oxygen atoms in total. The number of nitrogen functional groups attached to an aromatic ring is 1. The van der Waals surface area contributed by atoms with Crippen molar-refractivity contribution in [3.8, 4) is 11.5 Å². The van der Waals surface area contributed by atoms with Crippen LogP contribution in [-0.2, 0) is 0 Å². The number of methoxy groups -OCH3 is 2. The van der Waals surface area contributed by atoms with Crippen molar-refractivity contribution in [2.75, 3.05) is 20.0 Å². The summed E-state index contributed by atoms with van der Waals surface area (Å²) in [5.41, 5.74) is 9.81. The average molecular weight is 406 g/mol. The lowest BCUT2D eigenvalue weighted by Crippen LogP contribution is -1.94. The number of pyridine rings is 2. The van der Waals surface area contributed by atoms with Crippen molar-refractivity contribution in [1.29, 1.82) is 0 Å². The first-order chi connectivity index (χ1) is 14.3. The Morgan fingerprint density at radius 1 is 0.867 bits per heavy atom. The maximum Gasteiger partial charge on any atom is 0.299 e. The molecule has 0 saturated carbocycles. The van der Waals surface area contributed by atoms with Crippen LogP contribution in [0.2, 0.25) is 0 Å². The van der Waals surface area contributed by atoms with Crippen molar-refractivity contribution in [2.45, 2.75) is 13.8 Å². The molecule has 0 bridgehead atoms. The first-order valence-corrected chi connectivity index (χ1v) is 9.12. The summed E-state index contributed by atoms with van der Waals surface area (Å²) in [6.45, 7) is 3.91. The number of aryl methyl sites for hydroxylation is 2. The molecule has 2 aromatic heterocycles. The van der Waals surface area contributed by atoms with Gasteiger partial charge in [0.1, 0.15) is 17.0 Å². The van der Waals surface area contributed by atoms with E-state index in [9.17, 15) is 10.1 Å². The van der Waals surface area contributed by atoms with Gasteiger partial charge in [-0.2, -0.15) is 0 Å². The highest BCUT2D eigenvalue weighted by Crippen LogP contribution is 2.31. The molecule has 0 unspecified atom stereocenters. The number of nitrogens with zero attached hydrogens (tertiary/aromatic N) is 3. The Morgan fingerprint density at radius 2 is 1.37 bits per heavy atom. The molecule has 2 aromatic carbocycles. The molecule has 0 aliphatic rings. The second-order valence-electron chi connectivity index (χ2n) is 6.67. The minimum Gasteiger partial charge on any atom is -0.497 e. The zero-order valence-electron chi connectivity index (χ0n) is 17.2. The number of nitrogens with two attached hydrogens (primary N) is 1. The van der Waals surface area contributed by atoms with Gasteiger partial charge in [-0.05, 0) is 49.2 Å². The van der Waals surface area contributed by atoms with Crippen LogP contribution in [0.4, 0.5) is 11.4 Å². The number of hydrogen-bond acceptors (Lipinski definition) is 7. The molecule has 4 aromatic rings. The molecule has 0 atom stereocenters. The highest BCUT2D eigenvalue weighted by atomic mass is 16.6. The molecule has 8 heteroatoms. The molecule has 0 aliphatic heterocycles. The van der Waals surface area contributed by atoms with Gasteiger partial charge < -0.3 is 15.2 Å². The first-order valence-electron chi connectivity index (χ1n) is 9.12. The van der Waals surface area contributed by atoms with Crippen LogP contribution in [0.3, 0.4) is 0 Å². The van der Waals surface area contributed by atoms with Crippen molar-refractivity contribution in [3.05, 3.63) is 70.0 Å². The van der Waals surface area contributed by atoms with E-state index in [2.05, 4.69) is 9.97 Å². The number of fused-ring (bicyclic) bond motifs is 2. The maximum absolute atomic E-state index is 10.9. The number of aromatic nitrogens is 2. The number of nitro groups is 1. The number of rotatable bonds is 3. The summed E-state index contributed by atoms with van der Waals surface area (Å²) >= 11 is 0. The van der Waals surface area contributed by atoms with Gasteiger partial charge in [-0.25, -0.2) is 4.98 Å². The van der Waals surface area contributed by atoms with Crippen molar-refractivity contribution in [1.82, 2.24) is 9.97 Å². The van der Waals surface area contributed by atoms with Crippen molar-refractivity contribution in [3.63, 3.8) is 0 Å². The Kier molecular flexibility index (Phi) is 5.96. The first kappa shape index (κ1) is 20.8. The minimum absolute atomic E-state index is 0.0296. The van der Waals surface area contributed by atoms with E-state index >= 15 is 0 Å². The molecule has 0 fully saturated rings. The van der Waals surface area contributed by atoms with E-state index in [0.29, 0.717) is 17.0 Å². The molecule has 0 amide bonds. The number of anilines is 1. The van der Waals surface area contributed by atoms with Crippen molar-refractivity contribution in [2.24, 2.45) is 0 Å². The molecule has 0 radical (unpaired) electrons. The number of ether oxygens (including phenoxy) is 2. The summed E-state index contributed by atoms with van der Waals surface area (Å²) in [4.78, 5) is 18.7. The van der Waals surface area contributed by atoms with E-state index in [1.165, 1.54) is 13.2 Å². The number of benzene rings is 2. The van der Waals surface area contributed by atoms with E-state index in [1.807, 2.05) is 32.0 Å². The standard InChI is InChI=1S/C11H10N2O3.C11H12N2O/c1-7-3-4-12-11-9(7)5-8(16-2)6-10(11)13(14)15;1-7-3-4-13-11-9(7)5-8(14-2)6-10(11)12/h3-6H,1-2H3;3-6H,12H2,1-2H3. The Bertz CT molecular complexity index is 1240. The van der Waals surface area contributed by atoms with Crippen LogP contribution in [0.15, 0.2) is 48.8 Å². The lowest BCUT2D eigenvalue weighted by atomic mass is 10.1. The summed E-state index contributed by atoms with van der Waals surface area (Å²) < 4.78 is 10.2. The monoisotopic (exact) mass is 406 g/mol. The molecular formula is C22H22N4O4. The Morgan fingerprint density at radius 3 is 1.90 bits per heavy atom. The average Bonchev–Trinajstić information content (AvgIpc) is 2.74. The van der Waals surface area contributed by atoms with Crippen LogP contribution in [0, 0.1) is 24.0 Å². The molecular weight excluding hydrogens is 384 g/mol. The predicted molar refractivity (Wildman–Crippen MR) is 117 cm³/mol. The van der Waals surface area contributed by atoms with Crippen molar-refractivity contribution < 1.29 is 14.4 Å². The van der Waals surface area contributed by atoms with Gasteiger partial charge in [0.25, 0.3) is 5.69 Å². The predicted octanol–water partition coefficient (Wildman–Crippen LogP) is 4.59. The van der Waals surface area contributed by atoms with E-state index < -0.39 is 4.92 Å². The molecule has 0 spiro atoms. The summed E-state index contributed by atoms with van der Waals surface area (Å²) in [5.74, 6) is 1.24. The van der Waals surface area contributed by atoms with E-state index in [0.717, 1.165) is 33.2 Å². The van der Waals surface area contributed by atoms with E-state index in [4.69, 9.17) is 15.2 Å². The van der Waals surface area contributed by atoms with Crippen LogP contribution in [0.5, 0.6) is 11.5 Å². The van der Waals surface area contributed by atoms with Crippen LogP contribution in [0.1, 0.15) is 11.1 Å². The van der Waals surface area contributed by atoms with Crippen LogP contribution in [-0.4, -0.2) is 29.1 Å². The van der Waals surface area contributed by atoms with Gasteiger partial charge in [0.05, 0.1) is 36.4 Å². The fourth-order valence-electron chi connectivity index (χ4n) is 3.11. The molecule has 0 aliphatic carbocycles. The van der Waals surface area contributed by atoms with Gasteiger partial charge in [-0.1, -0.05) is 0 Å². The second-order valence-corrected chi connectivity index (χ2v) is 6.67. The molecule has 0 saturated heterocycles. The third kappa shape index (κ3) is 4.07. The zero-order chi connectivity index (χ0) is 21.8. The topological polar surface area (TPSA) is 113 Å². The van der Waals surface area contributed by atoms with Gasteiger partial charge in [-0.15, -0.1) is 0 Å². The fourth-order valence-corrected chi connectivity index (χ4v) is 3.11. The number of non-ortho nitro benzene ring substituents is 1. The second kappa shape index (κ2) is 8.60. The molecule has 2 heterocycles. The van der Waals surface area contributed by atoms with Crippen molar-refractivity contribution >= 4 is 33.2 Å². The minimum atomic E-state index is -0.447. The maximum atomic E-state index is 10.9. The quantitative estimate of drug-likeness (QED) is 0.300. The number of nitro benzene ring substituents is 1. The van der Waals surface area contributed by atoms with Crippen LogP contribution >= 0.6 is 0 Å². The van der Waals surface area contributed by atoms with E-state index in [-0.39, 0.29) is 5.69 Å². The Balaban J connectivity index is 0.000000172. The molecule has 2 N–H and O–H groups in total. The molecule has 30 heavy (non-hydrogen) atoms. The van der Waals surface area contributed by atoms with Crippen LogP contribution in [0.25, 0.3) is 21.8 Å². The summed E-state index contributed by atoms with van der Waals surface area (Å²) in [5, 5.41) is 12.7. The van der Waals surface area contributed by atoms with Gasteiger partial charge >= 0.3 is 0 Å². The summed E-state index contributed by atoms with van der Waals surface area (Å²) in [7, 11) is 3.11. The summed E-state index contributed by atoms with van der Waals surface area (Å²) in [6, 6.07) is 10.6. The third-order valence-corrected chi connectivity index (χ3v) is 4.75. The highest BCUT2D eigenvalue weighted by molar-refractivity contribution is 5.93. The van der Waals surface area contributed by atoms with Crippen LogP contribution < -0.4 is 15.2 Å². The van der Waals surface area contributed by atoms with Gasteiger partial charge in [0.2, 0.25) is 0 Å². The Labute approximate surface area is 173 Å². The SMILES string of the molecule is COc1cc(N)c2nccc(C)c2c1.COc1cc([N+](=O)[O-])c2nccc(C)c2c1. The molecule has 4 rings (SSSR count). The third-order valence-electron chi connectivity index (χ3n) is 4.75. The fraction of sp³-hybridized carbons (Fsp3) is 0.182. The highest BCUT2D eigenvalue weighted by Gasteiger charge is 2.16. The van der Waals surface area contributed by atoms with Gasteiger partial charge in [0.15, 0.2) is 0 Å². The normalized spacial score (nSPS) is 10.4. The lowest BCUT2D eigenvalue weighted by molar-refractivity contribution is -0.383. The van der Waals surface area contributed by atoms with E-state index in [1.54, 1.807) is 31.6 Å². The number of hydrogen-bond donors (Lipinski definition) is 1. The smallest absolute Gasteiger partial charge is 0.299 e. The zero-order valence-corrected chi connectivity index (χ0v) is 17.2. The van der Waals surface area contributed by atoms with Gasteiger partial charge in [0, 0.05) is 29.2 Å². The summed E-state index contributed by atoms with van der Waals surface area (Å²) in [6.07, 6.45) is 3.33. The Hall–Kier alpha value is -3.94. The lowest BCUT2D eigenvalue weighted by Gasteiger charge is -2.06. The van der Waals surface area contributed by atoms with Gasteiger partial charge in [-0.3, -0.25) is 15.1 Å². The molecule has 154 valence electrons. The largest absolute Gasteiger partial charge is 0.497 e.